The average molecular weight is 370 g/mol. The number of rotatable bonds is 2. The van der Waals surface area contributed by atoms with Gasteiger partial charge in [0.15, 0.2) is 0 Å². The van der Waals surface area contributed by atoms with Crippen molar-refractivity contribution in [1.29, 1.82) is 0 Å². The molecule has 0 unspecified atom stereocenters. The molecule has 4 rings (SSSR count). The highest BCUT2D eigenvalue weighted by atomic mass is 19.1. The molecule has 0 amide bonds. The molecule has 1 aliphatic heterocycles. The zero-order chi connectivity index (χ0) is 19.0. The Balaban J connectivity index is 1.77. The van der Waals surface area contributed by atoms with Crippen LogP contribution in [0.5, 0.6) is 0 Å². The first kappa shape index (κ1) is 18.2. The van der Waals surface area contributed by atoms with Crippen LogP contribution in [0.15, 0.2) is 29.1 Å². The summed E-state index contributed by atoms with van der Waals surface area (Å²) >= 11 is 0. The molecule has 5 nitrogen and oxygen atoms in total. The van der Waals surface area contributed by atoms with Gasteiger partial charge < -0.3 is 0 Å². The van der Waals surface area contributed by atoms with Crippen molar-refractivity contribution in [3.63, 3.8) is 0 Å². The van der Waals surface area contributed by atoms with Crippen LogP contribution < -0.4 is 10.5 Å². The van der Waals surface area contributed by atoms with Crippen LogP contribution in [0, 0.1) is 19.7 Å². The number of hydrogen-bond donors (Lipinski definition) is 0. The lowest BCUT2D eigenvalue weighted by atomic mass is 10.1. The van der Waals surface area contributed by atoms with Crippen molar-refractivity contribution in [3.8, 4) is 0 Å². The van der Waals surface area contributed by atoms with Gasteiger partial charge in [-0.15, -0.1) is 0 Å². The van der Waals surface area contributed by atoms with Gasteiger partial charge in [-0.25, -0.2) is 9.37 Å². The van der Waals surface area contributed by atoms with Gasteiger partial charge in [0.1, 0.15) is 5.82 Å². The fourth-order valence-electron chi connectivity index (χ4n) is 4.22. The van der Waals surface area contributed by atoms with Crippen LogP contribution in [-0.2, 0) is 6.67 Å². The van der Waals surface area contributed by atoms with Crippen LogP contribution in [0.1, 0.15) is 49.8 Å². The summed E-state index contributed by atoms with van der Waals surface area (Å²) in [5.41, 5.74) is 2.32. The highest BCUT2D eigenvalue weighted by Gasteiger charge is 2.31. The van der Waals surface area contributed by atoms with Crippen molar-refractivity contribution in [1.82, 2.24) is 14.5 Å². The molecule has 2 heterocycles. The molecule has 0 bridgehead atoms. The monoisotopic (exact) mass is 370 g/mol. The van der Waals surface area contributed by atoms with Crippen molar-refractivity contribution in [3.05, 3.63) is 51.7 Å². The Morgan fingerprint density at radius 3 is 2.33 bits per heavy atom. The first-order valence-electron chi connectivity index (χ1n) is 9.90. The Morgan fingerprint density at radius 2 is 1.67 bits per heavy atom. The van der Waals surface area contributed by atoms with Gasteiger partial charge in [0.25, 0.3) is 5.56 Å². The van der Waals surface area contributed by atoms with Crippen molar-refractivity contribution >= 4 is 11.6 Å². The van der Waals surface area contributed by atoms with Crippen molar-refractivity contribution in [2.45, 2.75) is 65.1 Å². The standard InChI is InChI=1S/C21H27FN4O/c1-15-16(2)23-21-25(19-11-9-17(22)10-12-19)13-24(14-26(21)20(15)27)18-7-5-3-4-6-8-18/h9-12,18H,3-8,13-14H2,1-2H3. The van der Waals surface area contributed by atoms with E-state index in [1.54, 1.807) is 16.7 Å². The maximum Gasteiger partial charge on any atom is 0.259 e. The van der Waals surface area contributed by atoms with Crippen LogP contribution in [0.4, 0.5) is 16.0 Å². The smallest absolute Gasteiger partial charge is 0.259 e. The Labute approximate surface area is 159 Å². The molecule has 0 N–H and O–H groups in total. The maximum absolute atomic E-state index is 13.4. The predicted octanol–water partition coefficient (Wildman–Crippen LogP) is 4.09. The number of nitrogens with zero attached hydrogens (tertiary/aromatic N) is 4. The van der Waals surface area contributed by atoms with Gasteiger partial charge in [-0.05, 0) is 51.0 Å². The molecule has 1 aliphatic carbocycles. The van der Waals surface area contributed by atoms with E-state index in [4.69, 9.17) is 4.98 Å². The van der Waals surface area contributed by atoms with E-state index in [2.05, 4.69) is 4.90 Å². The summed E-state index contributed by atoms with van der Waals surface area (Å²) < 4.78 is 15.2. The summed E-state index contributed by atoms with van der Waals surface area (Å²) in [6.45, 7) is 4.96. The molecule has 0 saturated heterocycles. The molecule has 144 valence electrons. The summed E-state index contributed by atoms with van der Waals surface area (Å²) in [6.07, 6.45) is 7.40. The SMILES string of the molecule is Cc1nc2n(c(=O)c1C)CN(C1CCCCCC1)CN2c1ccc(F)cc1. The number of fused-ring (bicyclic) bond motifs is 1. The number of anilines is 2. The first-order chi connectivity index (χ1) is 13.0. The molecule has 1 aromatic heterocycles. The number of benzene rings is 1. The van der Waals surface area contributed by atoms with E-state index in [0.29, 0.717) is 30.9 Å². The molecule has 1 saturated carbocycles. The normalized spacial score (nSPS) is 19.0. The second kappa shape index (κ2) is 7.43. The fraction of sp³-hybridized carbons (Fsp3) is 0.524. The minimum absolute atomic E-state index is 0.0166. The summed E-state index contributed by atoms with van der Waals surface area (Å²) in [4.78, 5) is 22.1. The van der Waals surface area contributed by atoms with Gasteiger partial charge in [0, 0.05) is 23.0 Å². The van der Waals surface area contributed by atoms with Crippen molar-refractivity contribution in [2.24, 2.45) is 0 Å². The highest BCUT2D eigenvalue weighted by Crippen LogP contribution is 2.31. The lowest BCUT2D eigenvalue weighted by molar-refractivity contribution is 0.123. The summed E-state index contributed by atoms with van der Waals surface area (Å²) in [7, 11) is 0. The minimum atomic E-state index is -0.262. The van der Waals surface area contributed by atoms with Gasteiger partial charge in [-0.2, -0.15) is 0 Å². The maximum atomic E-state index is 13.4. The Kier molecular flexibility index (Phi) is 5.00. The van der Waals surface area contributed by atoms with Gasteiger partial charge in [0.05, 0.1) is 13.3 Å². The molecule has 0 radical (unpaired) electrons. The molecule has 6 heteroatoms. The van der Waals surface area contributed by atoms with Crippen molar-refractivity contribution in [2.75, 3.05) is 11.6 Å². The third-order valence-electron chi connectivity index (χ3n) is 5.98. The number of aromatic nitrogens is 2. The predicted molar refractivity (Wildman–Crippen MR) is 105 cm³/mol. The lowest BCUT2D eigenvalue weighted by Gasteiger charge is -2.42. The number of halogens is 1. The topological polar surface area (TPSA) is 41.4 Å². The number of hydrogen-bond acceptors (Lipinski definition) is 4. The van der Waals surface area contributed by atoms with E-state index >= 15 is 0 Å². The van der Waals surface area contributed by atoms with E-state index in [0.717, 1.165) is 11.4 Å². The lowest BCUT2D eigenvalue weighted by Crippen LogP contribution is -2.51. The molecule has 0 atom stereocenters. The van der Waals surface area contributed by atoms with Crippen LogP contribution in [0.2, 0.25) is 0 Å². The Morgan fingerprint density at radius 1 is 1.00 bits per heavy atom. The van der Waals surface area contributed by atoms with E-state index in [1.165, 1.54) is 50.7 Å². The van der Waals surface area contributed by atoms with Crippen LogP contribution in [0.25, 0.3) is 0 Å². The largest absolute Gasteiger partial charge is 0.298 e. The first-order valence-corrected chi connectivity index (χ1v) is 9.90. The zero-order valence-electron chi connectivity index (χ0n) is 16.1. The van der Waals surface area contributed by atoms with Crippen LogP contribution in [0.3, 0.4) is 0 Å². The second-order valence-electron chi connectivity index (χ2n) is 7.78. The highest BCUT2D eigenvalue weighted by molar-refractivity contribution is 5.58. The Bertz CT molecular complexity index is 869. The summed E-state index contributed by atoms with van der Waals surface area (Å²) in [5.74, 6) is 0.390. The van der Waals surface area contributed by atoms with Gasteiger partial charge in [-0.3, -0.25) is 19.2 Å². The molecule has 2 aliphatic rings. The van der Waals surface area contributed by atoms with E-state index in [9.17, 15) is 9.18 Å². The molecule has 27 heavy (non-hydrogen) atoms. The minimum Gasteiger partial charge on any atom is -0.298 e. The van der Waals surface area contributed by atoms with E-state index in [1.807, 2.05) is 18.7 Å². The van der Waals surface area contributed by atoms with Crippen molar-refractivity contribution < 1.29 is 4.39 Å². The quantitative estimate of drug-likeness (QED) is 0.747. The Hall–Kier alpha value is -2.21. The van der Waals surface area contributed by atoms with Gasteiger partial charge >= 0.3 is 0 Å². The summed E-state index contributed by atoms with van der Waals surface area (Å²) in [6, 6.07) is 6.92. The molecule has 2 aromatic rings. The van der Waals surface area contributed by atoms with Crippen LogP contribution >= 0.6 is 0 Å². The zero-order valence-corrected chi connectivity index (χ0v) is 16.1. The number of aryl methyl sites for hydroxylation is 1. The molecular formula is C21H27FN4O. The molecular weight excluding hydrogens is 343 g/mol. The summed E-state index contributed by atoms with van der Waals surface area (Å²) in [5, 5.41) is 0. The van der Waals surface area contributed by atoms with E-state index in [-0.39, 0.29) is 11.4 Å². The molecule has 0 spiro atoms. The fourth-order valence-corrected chi connectivity index (χ4v) is 4.22. The molecule has 1 fully saturated rings. The third-order valence-corrected chi connectivity index (χ3v) is 5.98. The van der Waals surface area contributed by atoms with E-state index < -0.39 is 0 Å². The molecule has 1 aromatic carbocycles. The second-order valence-corrected chi connectivity index (χ2v) is 7.78. The van der Waals surface area contributed by atoms with Gasteiger partial charge in [0.2, 0.25) is 5.95 Å². The third kappa shape index (κ3) is 3.50. The van der Waals surface area contributed by atoms with Crippen LogP contribution in [-0.4, -0.2) is 27.2 Å². The average Bonchev–Trinajstić information content (AvgIpc) is 2.96. The van der Waals surface area contributed by atoms with Gasteiger partial charge in [-0.1, -0.05) is 25.7 Å².